The van der Waals surface area contributed by atoms with E-state index in [1.807, 2.05) is 14.2 Å². The number of methoxy groups -OCH3 is 2. The molecule has 0 aromatic rings. The average Bonchev–Trinajstić information content (AvgIpc) is 2.92. The van der Waals surface area contributed by atoms with Crippen molar-refractivity contribution in [1.82, 2.24) is 0 Å². The minimum atomic E-state index is -0.449. The third-order valence-corrected chi connectivity index (χ3v) is 9.51. The molecule has 0 spiro atoms. The van der Waals surface area contributed by atoms with Gasteiger partial charge in [0.25, 0.3) is 0 Å². The van der Waals surface area contributed by atoms with Crippen molar-refractivity contribution in [3.8, 4) is 0 Å². The molecule has 4 aliphatic carbocycles. The number of rotatable bonds is 2. The second-order valence-corrected chi connectivity index (χ2v) is 10.5. The summed E-state index contributed by atoms with van der Waals surface area (Å²) in [6.45, 7) is 7.04. The van der Waals surface area contributed by atoms with Gasteiger partial charge in [-0.05, 0) is 87.4 Å². The zero-order valence-electron chi connectivity index (χ0n) is 16.9. The highest BCUT2D eigenvalue weighted by atomic mass is 16.5. The number of aliphatic hydroxyl groups is 1. The molecule has 0 aliphatic heterocycles. The Morgan fingerprint density at radius 1 is 0.840 bits per heavy atom. The molecule has 0 amide bonds. The van der Waals surface area contributed by atoms with Crippen LogP contribution in [0.3, 0.4) is 0 Å². The second kappa shape index (κ2) is 5.94. The van der Waals surface area contributed by atoms with Gasteiger partial charge in [0.2, 0.25) is 0 Å². The van der Waals surface area contributed by atoms with E-state index in [1.165, 1.54) is 38.5 Å². The van der Waals surface area contributed by atoms with Gasteiger partial charge in [0.05, 0.1) is 17.8 Å². The van der Waals surface area contributed by atoms with E-state index in [0.29, 0.717) is 23.5 Å². The van der Waals surface area contributed by atoms with Crippen LogP contribution in [0.5, 0.6) is 0 Å². The van der Waals surface area contributed by atoms with Crippen molar-refractivity contribution in [3.05, 3.63) is 0 Å². The Labute approximate surface area is 153 Å². The minimum absolute atomic E-state index is 0.175. The first-order chi connectivity index (χ1) is 11.8. The average molecular weight is 351 g/mol. The summed E-state index contributed by atoms with van der Waals surface area (Å²) < 4.78 is 12.1. The van der Waals surface area contributed by atoms with Crippen LogP contribution in [-0.2, 0) is 9.47 Å². The third-order valence-electron chi connectivity index (χ3n) is 9.51. The summed E-state index contributed by atoms with van der Waals surface area (Å²) in [5.41, 5.74) is 0.109. The lowest BCUT2D eigenvalue weighted by Gasteiger charge is -2.63. The zero-order chi connectivity index (χ0) is 18.0. The third kappa shape index (κ3) is 2.48. The molecule has 0 unspecified atom stereocenters. The van der Waals surface area contributed by atoms with E-state index in [4.69, 9.17) is 9.47 Å². The summed E-state index contributed by atoms with van der Waals surface area (Å²) in [5.74, 6) is 2.99. The molecule has 0 heterocycles. The van der Waals surface area contributed by atoms with E-state index in [0.717, 1.165) is 30.6 Å². The van der Waals surface area contributed by atoms with Crippen LogP contribution >= 0.6 is 0 Å². The molecule has 4 rings (SSSR count). The number of hydrogen-bond acceptors (Lipinski definition) is 3. The van der Waals surface area contributed by atoms with Gasteiger partial charge in [-0.3, -0.25) is 0 Å². The predicted molar refractivity (Wildman–Crippen MR) is 99.3 cm³/mol. The van der Waals surface area contributed by atoms with Gasteiger partial charge >= 0.3 is 0 Å². The van der Waals surface area contributed by atoms with Crippen molar-refractivity contribution >= 4 is 0 Å². The normalized spacial score (nSPS) is 58.3. The van der Waals surface area contributed by atoms with Gasteiger partial charge in [-0.25, -0.2) is 0 Å². The highest BCUT2D eigenvalue weighted by molar-refractivity contribution is 5.13. The first kappa shape index (κ1) is 18.3. The van der Waals surface area contributed by atoms with Crippen LogP contribution in [-0.4, -0.2) is 37.1 Å². The standard InChI is InChI=1S/C22H38O3/c1-20(23)10-11-21(2)14(13-20)6-7-15-16-8-9-18(24-4)22(16,3)19(25-5)12-17(15)21/h14-19,23H,6-13H2,1-5H3/t14-,15-,16-,17-,18-,19+,20+,21-,22-/m0/s1. The Morgan fingerprint density at radius 2 is 1.56 bits per heavy atom. The van der Waals surface area contributed by atoms with Crippen LogP contribution < -0.4 is 0 Å². The zero-order valence-corrected chi connectivity index (χ0v) is 16.9. The molecule has 0 saturated heterocycles. The van der Waals surface area contributed by atoms with E-state index >= 15 is 0 Å². The number of fused-ring (bicyclic) bond motifs is 5. The first-order valence-corrected chi connectivity index (χ1v) is 10.5. The summed E-state index contributed by atoms with van der Waals surface area (Å²) in [6, 6.07) is 0. The van der Waals surface area contributed by atoms with Crippen LogP contribution in [0.1, 0.15) is 72.1 Å². The van der Waals surface area contributed by atoms with E-state index in [-0.39, 0.29) is 5.41 Å². The lowest BCUT2D eigenvalue weighted by Crippen LogP contribution is -2.60. The molecule has 0 bridgehead atoms. The summed E-state index contributed by atoms with van der Waals surface area (Å²) >= 11 is 0. The molecule has 0 aromatic heterocycles. The van der Waals surface area contributed by atoms with Crippen LogP contribution in [0.2, 0.25) is 0 Å². The SMILES string of the molecule is CO[C@H]1CC[C@H]2[C@@H]3CC[C@H]4C[C@](C)(O)CC[C@]4(C)[C@H]3C[C@@H](OC)[C@]12C. The Kier molecular flexibility index (Phi) is 4.34. The molecule has 25 heavy (non-hydrogen) atoms. The molecule has 0 aromatic carbocycles. The smallest absolute Gasteiger partial charge is 0.0655 e. The van der Waals surface area contributed by atoms with E-state index in [2.05, 4.69) is 20.8 Å². The minimum Gasteiger partial charge on any atom is -0.390 e. The number of hydrogen-bond donors (Lipinski definition) is 1. The molecule has 4 saturated carbocycles. The molecular weight excluding hydrogens is 312 g/mol. The van der Waals surface area contributed by atoms with Crippen molar-refractivity contribution in [3.63, 3.8) is 0 Å². The molecule has 9 atom stereocenters. The molecule has 4 fully saturated rings. The maximum Gasteiger partial charge on any atom is 0.0655 e. The van der Waals surface area contributed by atoms with Crippen LogP contribution in [0.15, 0.2) is 0 Å². The Morgan fingerprint density at radius 3 is 2.24 bits per heavy atom. The van der Waals surface area contributed by atoms with Crippen molar-refractivity contribution < 1.29 is 14.6 Å². The van der Waals surface area contributed by atoms with Gasteiger partial charge in [0.1, 0.15) is 0 Å². The van der Waals surface area contributed by atoms with Crippen molar-refractivity contribution in [2.75, 3.05) is 14.2 Å². The fourth-order valence-electron chi connectivity index (χ4n) is 8.06. The van der Waals surface area contributed by atoms with E-state index in [9.17, 15) is 5.11 Å². The van der Waals surface area contributed by atoms with E-state index < -0.39 is 5.60 Å². The van der Waals surface area contributed by atoms with Gasteiger partial charge in [0.15, 0.2) is 0 Å². The molecule has 3 heteroatoms. The molecular formula is C22H38O3. The second-order valence-electron chi connectivity index (χ2n) is 10.5. The van der Waals surface area contributed by atoms with Gasteiger partial charge in [0, 0.05) is 19.6 Å². The predicted octanol–water partition coefficient (Wildman–Crippen LogP) is 4.42. The maximum atomic E-state index is 10.6. The molecule has 144 valence electrons. The summed E-state index contributed by atoms with van der Waals surface area (Å²) in [4.78, 5) is 0. The largest absolute Gasteiger partial charge is 0.390 e. The van der Waals surface area contributed by atoms with Gasteiger partial charge in [-0.1, -0.05) is 13.8 Å². The van der Waals surface area contributed by atoms with Crippen molar-refractivity contribution in [1.29, 1.82) is 0 Å². The van der Waals surface area contributed by atoms with Crippen LogP contribution in [0.4, 0.5) is 0 Å². The fourth-order valence-corrected chi connectivity index (χ4v) is 8.06. The highest BCUT2D eigenvalue weighted by Gasteiger charge is 2.64. The molecule has 0 radical (unpaired) electrons. The van der Waals surface area contributed by atoms with Gasteiger partial charge < -0.3 is 14.6 Å². The maximum absolute atomic E-state index is 10.6. The van der Waals surface area contributed by atoms with Crippen LogP contribution in [0.25, 0.3) is 0 Å². The fraction of sp³-hybridized carbons (Fsp3) is 1.00. The number of ether oxygens (including phenoxy) is 2. The van der Waals surface area contributed by atoms with Crippen molar-refractivity contribution in [2.24, 2.45) is 34.5 Å². The molecule has 1 N–H and O–H groups in total. The lowest BCUT2D eigenvalue weighted by atomic mass is 9.43. The van der Waals surface area contributed by atoms with Crippen LogP contribution in [0, 0.1) is 34.5 Å². The Bertz CT molecular complexity index is 517. The van der Waals surface area contributed by atoms with Crippen molar-refractivity contribution in [2.45, 2.75) is 89.9 Å². The Balaban J connectivity index is 1.67. The monoisotopic (exact) mass is 350 g/mol. The quantitative estimate of drug-likeness (QED) is 0.801. The highest BCUT2D eigenvalue weighted by Crippen LogP contribution is 2.67. The summed E-state index contributed by atoms with van der Waals surface area (Å²) in [7, 11) is 3.80. The lowest BCUT2D eigenvalue weighted by molar-refractivity contribution is -0.198. The molecule has 3 nitrogen and oxygen atoms in total. The van der Waals surface area contributed by atoms with Gasteiger partial charge in [-0.15, -0.1) is 0 Å². The summed E-state index contributed by atoms with van der Waals surface area (Å²) in [5, 5.41) is 10.6. The Hall–Kier alpha value is -0.120. The van der Waals surface area contributed by atoms with E-state index in [1.54, 1.807) is 0 Å². The molecule has 4 aliphatic rings. The van der Waals surface area contributed by atoms with Gasteiger partial charge in [-0.2, -0.15) is 0 Å². The summed E-state index contributed by atoms with van der Waals surface area (Å²) in [6.07, 6.45) is 10.1. The topological polar surface area (TPSA) is 38.7 Å². The first-order valence-electron chi connectivity index (χ1n) is 10.5.